The fraction of sp³-hybridized carbons (Fsp3) is 0.364. The Bertz CT molecular complexity index is 1090. The molecular formula is C22H25ClN6O2. The van der Waals surface area contributed by atoms with Gasteiger partial charge in [-0.3, -0.25) is 4.79 Å². The number of hydrogen-bond donors (Lipinski definition) is 1. The maximum atomic E-state index is 13.4. The summed E-state index contributed by atoms with van der Waals surface area (Å²) < 4.78 is 5.37. The van der Waals surface area contributed by atoms with Crippen LogP contribution in [-0.4, -0.2) is 58.7 Å². The summed E-state index contributed by atoms with van der Waals surface area (Å²) in [6.45, 7) is 8.99. The van der Waals surface area contributed by atoms with Gasteiger partial charge in [0.15, 0.2) is 0 Å². The highest BCUT2D eigenvalue weighted by molar-refractivity contribution is 6.33. The van der Waals surface area contributed by atoms with E-state index in [0.29, 0.717) is 59.7 Å². The molecule has 0 unspecified atom stereocenters. The number of aryl methyl sites for hydroxylation is 2. The van der Waals surface area contributed by atoms with E-state index in [-0.39, 0.29) is 5.91 Å². The summed E-state index contributed by atoms with van der Waals surface area (Å²) in [5, 5.41) is 7.82. The molecule has 31 heavy (non-hydrogen) atoms. The Hall–Kier alpha value is -3.13. The first kappa shape index (κ1) is 21.1. The average molecular weight is 441 g/mol. The Labute approximate surface area is 186 Å². The van der Waals surface area contributed by atoms with Gasteiger partial charge in [0.1, 0.15) is 22.8 Å². The van der Waals surface area contributed by atoms with Gasteiger partial charge in [-0.05, 0) is 26.8 Å². The third-order valence-corrected chi connectivity index (χ3v) is 5.60. The largest absolute Gasteiger partial charge is 0.360 e. The first-order chi connectivity index (χ1) is 15.0. The van der Waals surface area contributed by atoms with Crippen molar-refractivity contribution in [1.82, 2.24) is 20.0 Å². The lowest BCUT2D eigenvalue weighted by Gasteiger charge is -2.35. The van der Waals surface area contributed by atoms with E-state index in [2.05, 4.69) is 25.3 Å². The number of nitrogens with zero attached hydrogens (tertiary/aromatic N) is 5. The third-order valence-electron chi connectivity index (χ3n) is 5.27. The molecule has 2 aromatic heterocycles. The quantitative estimate of drug-likeness (QED) is 0.645. The van der Waals surface area contributed by atoms with Gasteiger partial charge in [0, 0.05) is 50.0 Å². The summed E-state index contributed by atoms with van der Waals surface area (Å²) in [6, 6.07) is 9.30. The zero-order chi connectivity index (χ0) is 22.0. The van der Waals surface area contributed by atoms with Gasteiger partial charge in [0.05, 0.1) is 5.02 Å². The molecular weight excluding hydrogens is 416 g/mol. The summed E-state index contributed by atoms with van der Waals surface area (Å²) in [6.07, 6.45) is 0. The lowest BCUT2D eigenvalue weighted by Crippen LogP contribution is -2.49. The Morgan fingerprint density at radius 1 is 1.16 bits per heavy atom. The van der Waals surface area contributed by atoms with Gasteiger partial charge in [0.25, 0.3) is 5.91 Å². The second-order valence-electron chi connectivity index (χ2n) is 7.44. The second-order valence-corrected chi connectivity index (χ2v) is 7.85. The standard InChI is InChI=1S/C22H25ClN6O2/c1-4-24-22-25-14(2)13-18(26-22)28-9-11-29(12-10-28)21(30)19-15(3)31-27-20(19)16-7-5-6-8-17(16)23/h5-8,13H,4,9-12H2,1-3H3,(H,24,25,26). The van der Waals surface area contributed by atoms with Crippen molar-refractivity contribution in [1.29, 1.82) is 0 Å². The Morgan fingerprint density at radius 2 is 1.90 bits per heavy atom. The van der Waals surface area contributed by atoms with Gasteiger partial charge in [-0.1, -0.05) is 35.0 Å². The smallest absolute Gasteiger partial charge is 0.259 e. The number of rotatable bonds is 5. The van der Waals surface area contributed by atoms with Gasteiger partial charge >= 0.3 is 0 Å². The molecule has 1 aliphatic rings. The van der Waals surface area contributed by atoms with Crippen molar-refractivity contribution in [3.05, 3.63) is 52.4 Å². The number of anilines is 2. The number of carbonyl (C=O) groups is 1. The number of hydrogen-bond acceptors (Lipinski definition) is 7. The molecule has 4 rings (SSSR count). The zero-order valence-electron chi connectivity index (χ0n) is 17.9. The first-order valence-corrected chi connectivity index (χ1v) is 10.7. The Balaban J connectivity index is 1.51. The van der Waals surface area contributed by atoms with E-state index in [1.807, 2.05) is 43.0 Å². The third kappa shape index (κ3) is 4.34. The van der Waals surface area contributed by atoms with E-state index < -0.39 is 0 Å². The topological polar surface area (TPSA) is 87.4 Å². The van der Waals surface area contributed by atoms with Crippen molar-refractivity contribution in [3.63, 3.8) is 0 Å². The molecule has 3 heterocycles. The number of carbonyl (C=O) groups excluding carboxylic acids is 1. The predicted molar refractivity (Wildman–Crippen MR) is 121 cm³/mol. The van der Waals surface area contributed by atoms with Crippen molar-refractivity contribution in [3.8, 4) is 11.3 Å². The number of aromatic nitrogens is 3. The molecule has 1 aliphatic heterocycles. The molecule has 0 bridgehead atoms. The van der Waals surface area contributed by atoms with Crippen molar-refractivity contribution < 1.29 is 9.32 Å². The summed E-state index contributed by atoms with van der Waals surface area (Å²) in [7, 11) is 0. The minimum atomic E-state index is -0.0967. The van der Waals surface area contributed by atoms with Crippen molar-refractivity contribution in [2.45, 2.75) is 20.8 Å². The van der Waals surface area contributed by atoms with Gasteiger partial charge < -0.3 is 19.6 Å². The Kier molecular flexibility index (Phi) is 6.08. The molecule has 8 nitrogen and oxygen atoms in total. The molecule has 0 spiro atoms. The zero-order valence-corrected chi connectivity index (χ0v) is 18.6. The average Bonchev–Trinajstić information content (AvgIpc) is 3.14. The van der Waals surface area contributed by atoms with Crippen molar-refractivity contribution >= 4 is 29.3 Å². The molecule has 1 amide bonds. The molecule has 1 fully saturated rings. The van der Waals surface area contributed by atoms with E-state index in [4.69, 9.17) is 16.1 Å². The molecule has 0 radical (unpaired) electrons. The van der Waals surface area contributed by atoms with Crippen LogP contribution < -0.4 is 10.2 Å². The summed E-state index contributed by atoms with van der Waals surface area (Å²) in [4.78, 5) is 26.4. The SMILES string of the molecule is CCNc1nc(C)cc(N2CCN(C(=O)c3c(-c4ccccc4Cl)noc3C)CC2)n1. The highest BCUT2D eigenvalue weighted by Crippen LogP contribution is 2.32. The molecule has 3 aromatic rings. The first-order valence-electron chi connectivity index (χ1n) is 10.3. The predicted octanol–water partition coefficient (Wildman–Crippen LogP) is 3.80. The highest BCUT2D eigenvalue weighted by atomic mass is 35.5. The van der Waals surface area contributed by atoms with E-state index in [0.717, 1.165) is 18.1 Å². The lowest BCUT2D eigenvalue weighted by atomic mass is 10.0. The summed E-state index contributed by atoms with van der Waals surface area (Å²) >= 11 is 6.33. The van der Waals surface area contributed by atoms with Crippen LogP contribution in [0.25, 0.3) is 11.3 Å². The molecule has 162 valence electrons. The van der Waals surface area contributed by atoms with Crippen LogP contribution in [0.3, 0.4) is 0 Å². The molecule has 0 atom stereocenters. The van der Waals surface area contributed by atoms with Gasteiger partial charge in [0.2, 0.25) is 5.95 Å². The number of benzene rings is 1. The van der Waals surface area contributed by atoms with Crippen LogP contribution in [0.15, 0.2) is 34.9 Å². The van der Waals surface area contributed by atoms with Crippen LogP contribution in [0.5, 0.6) is 0 Å². The highest BCUT2D eigenvalue weighted by Gasteiger charge is 2.29. The maximum Gasteiger partial charge on any atom is 0.259 e. The fourth-order valence-electron chi connectivity index (χ4n) is 3.71. The molecule has 0 saturated carbocycles. The molecule has 0 aliphatic carbocycles. The van der Waals surface area contributed by atoms with Crippen molar-refractivity contribution in [2.75, 3.05) is 42.9 Å². The van der Waals surface area contributed by atoms with Crippen LogP contribution in [-0.2, 0) is 0 Å². The number of piperazine rings is 1. The van der Waals surface area contributed by atoms with E-state index in [1.165, 1.54) is 0 Å². The molecule has 9 heteroatoms. The lowest BCUT2D eigenvalue weighted by molar-refractivity contribution is 0.0745. The number of halogens is 1. The molecule has 1 N–H and O–H groups in total. The van der Waals surface area contributed by atoms with Crippen LogP contribution >= 0.6 is 11.6 Å². The van der Waals surface area contributed by atoms with E-state index in [1.54, 1.807) is 13.0 Å². The normalized spacial score (nSPS) is 14.1. The molecule has 1 saturated heterocycles. The van der Waals surface area contributed by atoms with Crippen LogP contribution in [0.2, 0.25) is 5.02 Å². The van der Waals surface area contributed by atoms with Crippen molar-refractivity contribution in [2.24, 2.45) is 0 Å². The maximum absolute atomic E-state index is 13.4. The minimum Gasteiger partial charge on any atom is -0.360 e. The van der Waals surface area contributed by atoms with Crippen LogP contribution in [0, 0.1) is 13.8 Å². The fourth-order valence-corrected chi connectivity index (χ4v) is 3.93. The summed E-state index contributed by atoms with van der Waals surface area (Å²) in [5.74, 6) is 1.89. The van der Waals surface area contributed by atoms with Gasteiger partial charge in [-0.2, -0.15) is 4.98 Å². The summed E-state index contributed by atoms with van der Waals surface area (Å²) in [5.41, 5.74) is 2.55. The number of amides is 1. The molecule has 1 aromatic carbocycles. The minimum absolute atomic E-state index is 0.0967. The van der Waals surface area contributed by atoms with E-state index >= 15 is 0 Å². The van der Waals surface area contributed by atoms with Gasteiger partial charge in [-0.25, -0.2) is 4.98 Å². The second kappa shape index (κ2) is 8.93. The monoisotopic (exact) mass is 440 g/mol. The van der Waals surface area contributed by atoms with Crippen LogP contribution in [0.1, 0.15) is 28.7 Å². The van der Waals surface area contributed by atoms with Gasteiger partial charge in [-0.15, -0.1) is 0 Å². The number of nitrogens with one attached hydrogen (secondary N) is 1. The Morgan fingerprint density at radius 3 is 2.61 bits per heavy atom. The van der Waals surface area contributed by atoms with E-state index in [9.17, 15) is 4.79 Å². The van der Waals surface area contributed by atoms with Crippen LogP contribution in [0.4, 0.5) is 11.8 Å².